The number of rotatable bonds is 7. The van der Waals surface area contributed by atoms with Gasteiger partial charge >= 0.3 is 12.4 Å². The van der Waals surface area contributed by atoms with Crippen molar-refractivity contribution in [3.8, 4) is 11.5 Å². The van der Waals surface area contributed by atoms with Gasteiger partial charge in [-0.25, -0.2) is 4.79 Å². The second kappa shape index (κ2) is 9.16. The summed E-state index contributed by atoms with van der Waals surface area (Å²) < 4.78 is 46.7. The predicted octanol–water partition coefficient (Wildman–Crippen LogP) is 4.54. The van der Waals surface area contributed by atoms with Crippen molar-refractivity contribution in [1.82, 2.24) is 10.6 Å². The largest absolute Gasteiger partial charge is 0.573 e. The van der Waals surface area contributed by atoms with Crippen LogP contribution in [0.25, 0.3) is 0 Å². The van der Waals surface area contributed by atoms with Gasteiger partial charge in [0.2, 0.25) is 0 Å². The molecule has 2 rings (SSSR count). The second-order valence-corrected chi connectivity index (χ2v) is 5.71. The molecule has 0 heterocycles. The molecule has 0 aliphatic rings. The lowest BCUT2D eigenvalue weighted by Crippen LogP contribution is -2.36. The summed E-state index contributed by atoms with van der Waals surface area (Å²) in [6.07, 6.45) is -4.79. The number of alkyl halides is 3. The number of nitrogens with one attached hydrogen (secondary N) is 2. The molecule has 0 aliphatic heterocycles. The number of halogens is 3. The molecule has 0 fully saturated rings. The number of urea groups is 1. The maximum atomic E-state index is 12.4. The molecule has 146 valence electrons. The molecule has 0 radical (unpaired) electrons. The van der Waals surface area contributed by atoms with Gasteiger partial charge in [-0.3, -0.25) is 0 Å². The van der Waals surface area contributed by atoms with Gasteiger partial charge in [-0.05, 0) is 37.6 Å². The fourth-order valence-electron chi connectivity index (χ4n) is 2.42. The molecule has 0 aliphatic carbocycles. The minimum Gasteiger partial charge on any atom is -0.494 e. The van der Waals surface area contributed by atoms with Crippen molar-refractivity contribution in [1.29, 1.82) is 0 Å². The normalized spacial score (nSPS) is 12.2. The molecule has 0 aromatic heterocycles. The average Bonchev–Trinajstić information content (AvgIpc) is 2.60. The molecule has 2 aromatic carbocycles. The Morgan fingerprint density at radius 2 is 1.89 bits per heavy atom. The minimum absolute atomic E-state index is 0.107. The molecule has 8 heteroatoms. The van der Waals surface area contributed by atoms with Crippen LogP contribution in [-0.2, 0) is 6.54 Å². The maximum absolute atomic E-state index is 12.4. The van der Waals surface area contributed by atoms with E-state index in [4.69, 9.17) is 4.74 Å². The van der Waals surface area contributed by atoms with Crippen LogP contribution in [-0.4, -0.2) is 19.0 Å². The Kier molecular flexibility index (Phi) is 6.92. The number of carbonyl (C=O) groups is 1. The molecule has 0 saturated heterocycles. The lowest BCUT2D eigenvalue weighted by Gasteiger charge is -2.17. The third kappa shape index (κ3) is 6.73. The third-order valence-electron chi connectivity index (χ3n) is 3.65. The lowest BCUT2D eigenvalue weighted by molar-refractivity contribution is -0.274. The molecule has 0 bridgehead atoms. The Bertz CT molecular complexity index is 766. The number of ether oxygens (including phenoxy) is 2. The van der Waals surface area contributed by atoms with Gasteiger partial charge in [0, 0.05) is 12.1 Å². The Labute approximate surface area is 155 Å². The average molecular weight is 382 g/mol. The van der Waals surface area contributed by atoms with Crippen molar-refractivity contribution in [2.24, 2.45) is 0 Å². The van der Waals surface area contributed by atoms with E-state index in [1.807, 2.05) is 31.2 Å². The molecular weight excluding hydrogens is 361 g/mol. The zero-order chi connectivity index (χ0) is 19.9. The number of benzene rings is 2. The highest BCUT2D eigenvalue weighted by molar-refractivity contribution is 5.74. The van der Waals surface area contributed by atoms with E-state index in [1.165, 1.54) is 18.2 Å². The number of carbonyl (C=O) groups excluding carboxylic acids is 1. The first kappa shape index (κ1) is 20.4. The highest BCUT2D eigenvalue weighted by Crippen LogP contribution is 2.26. The molecule has 1 unspecified atom stereocenters. The van der Waals surface area contributed by atoms with Crippen molar-refractivity contribution >= 4 is 6.03 Å². The molecular formula is C19H21F3N2O3. The summed E-state index contributed by atoms with van der Waals surface area (Å²) in [5.41, 5.74) is 1.06. The monoisotopic (exact) mass is 382 g/mol. The van der Waals surface area contributed by atoms with Gasteiger partial charge < -0.3 is 20.1 Å². The molecule has 2 N–H and O–H groups in total. The fraction of sp³-hybridized carbons (Fsp3) is 0.316. The van der Waals surface area contributed by atoms with Crippen LogP contribution in [0, 0.1) is 0 Å². The SMILES string of the molecule is CCOc1cccc(C(C)NC(=O)NCc2ccccc2OC(F)(F)F)c1. The van der Waals surface area contributed by atoms with Gasteiger partial charge in [0.1, 0.15) is 11.5 Å². The van der Waals surface area contributed by atoms with E-state index < -0.39 is 12.4 Å². The van der Waals surface area contributed by atoms with Crippen LogP contribution in [0.4, 0.5) is 18.0 Å². The Balaban J connectivity index is 1.94. The van der Waals surface area contributed by atoms with Crippen molar-refractivity contribution in [3.05, 3.63) is 59.7 Å². The van der Waals surface area contributed by atoms with E-state index in [2.05, 4.69) is 15.4 Å². The number of hydrogen-bond donors (Lipinski definition) is 2. The second-order valence-electron chi connectivity index (χ2n) is 5.71. The van der Waals surface area contributed by atoms with E-state index in [9.17, 15) is 18.0 Å². The molecule has 27 heavy (non-hydrogen) atoms. The summed E-state index contributed by atoms with van der Waals surface area (Å²) >= 11 is 0. The van der Waals surface area contributed by atoms with Crippen LogP contribution in [0.5, 0.6) is 11.5 Å². The first-order chi connectivity index (χ1) is 12.8. The summed E-state index contributed by atoms with van der Waals surface area (Å²) in [6, 6.07) is 12.1. The van der Waals surface area contributed by atoms with Crippen LogP contribution in [0.2, 0.25) is 0 Å². The number of amides is 2. The van der Waals surface area contributed by atoms with E-state index in [-0.39, 0.29) is 23.9 Å². The summed E-state index contributed by atoms with van der Waals surface area (Å²) in [6.45, 7) is 4.10. The van der Waals surface area contributed by atoms with Crippen molar-refractivity contribution in [2.45, 2.75) is 32.8 Å². The topological polar surface area (TPSA) is 59.6 Å². The lowest BCUT2D eigenvalue weighted by atomic mass is 10.1. The zero-order valence-electron chi connectivity index (χ0n) is 15.0. The third-order valence-corrected chi connectivity index (χ3v) is 3.65. The summed E-state index contributed by atoms with van der Waals surface area (Å²) in [7, 11) is 0. The van der Waals surface area contributed by atoms with Crippen LogP contribution in [0.1, 0.15) is 31.0 Å². The van der Waals surface area contributed by atoms with Gasteiger partial charge in [0.05, 0.1) is 12.6 Å². The van der Waals surface area contributed by atoms with Crippen molar-refractivity contribution in [2.75, 3.05) is 6.61 Å². The Morgan fingerprint density at radius 1 is 1.15 bits per heavy atom. The summed E-state index contributed by atoms with van der Waals surface area (Å²) in [5.74, 6) is 0.352. The van der Waals surface area contributed by atoms with E-state index >= 15 is 0 Å². The highest BCUT2D eigenvalue weighted by atomic mass is 19.4. The van der Waals surface area contributed by atoms with Crippen molar-refractivity contribution < 1.29 is 27.4 Å². The Morgan fingerprint density at radius 3 is 2.59 bits per heavy atom. The van der Waals surface area contributed by atoms with Gasteiger partial charge in [0.25, 0.3) is 0 Å². The van der Waals surface area contributed by atoms with Crippen LogP contribution in [0.3, 0.4) is 0 Å². The first-order valence-corrected chi connectivity index (χ1v) is 8.39. The van der Waals surface area contributed by atoms with Crippen LogP contribution < -0.4 is 20.1 Å². The van der Waals surface area contributed by atoms with Crippen molar-refractivity contribution in [3.63, 3.8) is 0 Å². The Hall–Kier alpha value is -2.90. The van der Waals surface area contributed by atoms with E-state index in [1.54, 1.807) is 13.0 Å². The standard InChI is InChI=1S/C19H21F3N2O3/c1-3-26-16-9-6-8-14(11-16)13(2)24-18(25)23-12-15-7-4-5-10-17(15)27-19(20,21)22/h4-11,13H,3,12H2,1-2H3,(H2,23,24,25). The van der Waals surface area contributed by atoms with E-state index in [0.29, 0.717) is 12.4 Å². The fourth-order valence-corrected chi connectivity index (χ4v) is 2.42. The van der Waals surface area contributed by atoms with Crippen LogP contribution >= 0.6 is 0 Å². The van der Waals surface area contributed by atoms with Gasteiger partial charge in [0.15, 0.2) is 0 Å². The summed E-state index contributed by atoms with van der Waals surface area (Å²) in [5, 5.41) is 5.27. The molecule has 0 saturated carbocycles. The maximum Gasteiger partial charge on any atom is 0.573 e. The predicted molar refractivity (Wildman–Crippen MR) is 94.5 cm³/mol. The highest BCUT2D eigenvalue weighted by Gasteiger charge is 2.32. The minimum atomic E-state index is -4.79. The zero-order valence-corrected chi connectivity index (χ0v) is 15.0. The smallest absolute Gasteiger partial charge is 0.494 e. The first-order valence-electron chi connectivity index (χ1n) is 8.39. The number of para-hydroxylation sites is 1. The van der Waals surface area contributed by atoms with Gasteiger partial charge in [-0.15, -0.1) is 13.2 Å². The summed E-state index contributed by atoms with van der Waals surface area (Å²) in [4.78, 5) is 12.1. The van der Waals surface area contributed by atoms with Crippen LogP contribution in [0.15, 0.2) is 48.5 Å². The molecule has 1 atom stereocenters. The van der Waals surface area contributed by atoms with Gasteiger partial charge in [-0.1, -0.05) is 30.3 Å². The quantitative estimate of drug-likeness (QED) is 0.739. The van der Waals surface area contributed by atoms with Gasteiger partial charge in [-0.2, -0.15) is 0 Å². The molecule has 0 spiro atoms. The number of hydrogen-bond acceptors (Lipinski definition) is 3. The van der Waals surface area contributed by atoms with E-state index in [0.717, 1.165) is 5.56 Å². The molecule has 2 aromatic rings. The molecule has 5 nitrogen and oxygen atoms in total. The molecule has 2 amide bonds.